The van der Waals surface area contributed by atoms with Crippen LogP contribution in [-0.2, 0) is 7.05 Å². The molecule has 1 heterocycles. The Hall–Kier alpha value is -2.45. The monoisotopic (exact) mass is 356 g/mol. The van der Waals surface area contributed by atoms with E-state index in [1.165, 1.54) is 43.7 Å². The first kappa shape index (κ1) is 17.0. The maximum absolute atomic E-state index is 2.45. The molecule has 2 heteroatoms. The Balaban J connectivity index is 2.10. The number of fused-ring (bicyclic) bond motifs is 2. The smallest absolute Gasteiger partial charge is 0.194 e. The van der Waals surface area contributed by atoms with Gasteiger partial charge in [-0.15, -0.1) is 0 Å². The van der Waals surface area contributed by atoms with Gasteiger partial charge in [-0.1, -0.05) is 62.1 Å². The van der Waals surface area contributed by atoms with Gasteiger partial charge in [-0.05, 0) is 40.6 Å². The van der Waals surface area contributed by atoms with Crippen LogP contribution in [0.5, 0.6) is 0 Å². The molecule has 4 rings (SSSR count). The third-order valence-corrected chi connectivity index (χ3v) is 7.51. The van der Waals surface area contributed by atoms with Crippen molar-refractivity contribution in [3.8, 4) is 11.3 Å². The van der Waals surface area contributed by atoms with E-state index in [1.54, 1.807) is 0 Å². The zero-order chi connectivity index (χ0) is 18.5. The fourth-order valence-corrected chi connectivity index (χ4v) is 5.61. The molecule has 0 aliphatic carbocycles. The molecular weight excluding hydrogens is 330 g/mol. The quantitative estimate of drug-likeness (QED) is 0.337. The molecule has 4 aromatic rings. The highest BCUT2D eigenvalue weighted by Gasteiger charge is 2.26. The molecule has 0 N–H and O–H groups in total. The summed E-state index contributed by atoms with van der Waals surface area (Å²) in [5.41, 5.74) is 5.31. The minimum atomic E-state index is -1.47. The van der Waals surface area contributed by atoms with Gasteiger partial charge in [0.25, 0.3) is 0 Å². The third-order valence-electron chi connectivity index (χ3n) is 5.48. The zero-order valence-electron chi connectivity index (χ0n) is 16.3. The van der Waals surface area contributed by atoms with Crippen LogP contribution < -0.4 is 9.75 Å². The van der Waals surface area contributed by atoms with E-state index in [4.69, 9.17) is 0 Å². The highest BCUT2D eigenvalue weighted by Crippen LogP contribution is 2.29. The van der Waals surface area contributed by atoms with Crippen molar-refractivity contribution in [2.75, 3.05) is 0 Å². The van der Waals surface area contributed by atoms with E-state index >= 15 is 0 Å². The number of rotatable bonds is 2. The lowest BCUT2D eigenvalue weighted by molar-refractivity contribution is -0.633. The largest absolute Gasteiger partial charge is 0.212 e. The first-order chi connectivity index (χ1) is 12.4. The Kier molecular flexibility index (Phi) is 3.96. The van der Waals surface area contributed by atoms with E-state index in [2.05, 4.69) is 105 Å². The average Bonchev–Trinajstić information content (AvgIpc) is 2.62. The first-order valence-corrected chi connectivity index (χ1v) is 12.8. The summed E-state index contributed by atoms with van der Waals surface area (Å²) in [6.45, 7) is 9.56. The SMILES string of the molecule is Cc1c(-c2cc([Si](C)(C)C)c3ccccc3[n+]2C)ccc2ccccc12. The fourth-order valence-electron chi connectivity index (χ4n) is 4.02. The van der Waals surface area contributed by atoms with Crippen molar-refractivity contribution in [2.45, 2.75) is 26.6 Å². The summed E-state index contributed by atoms with van der Waals surface area (Å²) in [6.07, 6.45) is 0. The van der Waals surface area contributed by atoms with Gasteiger partial charge in [0.1, 0.15) is 7.05 Å². The molecule has 0 aliphatic rings. The molecular formula is C24H26NSi+. The summed E-state index contributed by atoms with van der Waals surface area (Å²) >= 11 is 0. The highest BCUT2D eigenvalue weighted by molar-refractivity contribution is 6.90. The Morgan fingerprint density at radius 3 is 2.15 bits per heavy atom. The highest BCUT2D eigenvalue weighted by atomic mass is 28.3. The van der Waals surface area contributed by atoms with Gasteiger partial charge in [-0.3, -0.25) is 0 Å². The van der Waals surface area contributed by atoms with E-state index in [1.807, 2.05) is 0 Å². The Morgan fingerprint density at radius 2 is 1.42 bits per heavy atom. The lowest BCUT2D eigenvalue weighted by Gasteiger charge is -2.20. The van der Waals surface area contributed by atoms with Crippen LogP contribution in [-0.4, -0.2) is 8.07 Å². The molecule has 0 atom stereocenters. The van der Waals surface area contributed by atoms with Crippen LogP contribution in [0.2, 0.25) is 19.6 Å². The van der Waals surface area contributed by atoms with Gasteiger partial charge in [0.05, 0.1) is 8.07 Å². The molecule has 0 radical (unpaired) electrons. The molecule has 1 nitrogen and oxygen atoms in total. The van der Waals surface area contributed by atoms with Crippen molar-refractivity contribution < 1.29 is 4.57 Å². The van der Waals surface area contributed by atoms with E-state index in [0.717, 1.165) is 0 Å². The summed E-state index contributed by atoms with van der Waals surface area (Å²) < 4.78 is 2.36. The van der Waals surface area contributed by atoms with Crippen LogP contribution in [0.3, 0.4) is 0 Å². The van der Waals surface area contributed by atoms with Crippen molar-refractivity contribution in [2.24, 2.45) is 7.05 Å². The molecule has 130 valence electrons. The Labute approximate surface area is 156 Å². The minimum Gasteiger partial charge on any atom is -0.194 e. The molecule has 0 amide bonds. The van der Waals surface area contributed by atoms with Gasteiger partial charge < -0.3 is 0 Å². The van der Waals surface area contributed by atoms with E-state index < -0.39 is 8.07 Å². The normalized spacial score (nSPS) is 12.0. The van der Waals surface area contributed by atoms with Gasteiger partial charge in [-0.25, -0.2) is 0 Å². The number of pyridine rings is 1. The molecule has 0 spiro atoms. The predicted octanol–water partition coefficient (Wildman–Crippen LogP) is 5.34. The van der Waals surface area contributed by atoms with Crippen molar-refractivity contribution in [1.29, 1.82) is 0 Å². The van der Waals surface area contributed by atoms with Gasteiger partial charge in [0, 0.05) is 23.1 Å². The molecule has 0 bridgehead atoms. The van der Waals surface area contributed by atoms with Gasteiger partial charge in [0.15, 0.2) is 0 Å². The number of benzene rings is 3. The summed E-state index contributed by atoms with van der Waals surface area (Å²) in [7, 11) is 0.725. The fraction of sp³-hybridized carbons (Fsp3) is 0.208. The second-order valence-corrected chi connectivity index (χ2v) is 13.3. The maximum atomic E-state index is 2.45. The zero-order valence-corrected chi connectivity index (χ0v) is 17.3. The van der Waals surface area contributed by atoms with Gasteiger partial charge in [0.2, 0.25) is 11.2 Å². The van der Waals surface area contributed by atoms with Crippen LogP contribution in [0.15, 0.2) is 66.7 Å². The maximum Gasteiger partial charge on any atom is 0.212 e. The number of para-hydroxylation sites is 1. The van der Waals surface area contributed by atoms with Crippen LogP contribution >= 0.6 is 0 Å². The molecule has 0 saturated carbocycles. The van der Waals surface area contributed by atoms with E-state index in [-0.39, 0.29) is 0 Å². The van der Waals surface area contributed by atoms with Crippen molar-refractivity contribution in [3.05, 3.63) is 72.3 Å². The molecule has 0 unspecified atom stereocenters. The molecule has 0 aliphatic heterocycles. The van der Waals surface area contributed by atoms with Crippen LogP contribution in [0.1, 0.15) is 5.56 Å². The van der Waals surface area contributed by atoms with Crippen LogP contribution in [0.25, 0.3) is 32.9 Å². The van der Waals surface area contributed by atoms with Crippen molar-refractivity contribution >= 4 is 34.9 Å². The molecule has 0 fully saturated rings. The van der Waals surface area contributed by atoms with Crippen molar-refractivity contribution in [1.82, 2.24) is 0 Å². The molecule has 0 saturated heterocycles. The number of nitrogens with zero attached hydrogens (tertiary/aromatic N) is 1. The minimum absolute atomic E-state index is 1.31. The van der Waals surface area contributed by atoms with Gasteiger partial charge in [-0.2, -0.15) is 4.57 Å². The lowest BCUT2D eigenvalue weighted by atomic mass is 9.97. The predicted molar refractivity (Wildman–Crippen MR) is 116 cm³/mol. The Bertz CT molecular complexity index is 1140. The van der Waals surface area contributed by atoms with Crippen LogP contribution in [0.4, 0.5) is 0 Å². The van der Waals surface area contributed by atoms with E-state index in [9.17, 15) is 0 Å². The topological polar surface area (TPSA) is 3.88 Å². The second-order valence-electron chi connectivity index (χ2n) is 8.23. The summed E-state index contributed by atoms with van der Waals surface area (Å²) in [5.74, 6) is 0. The third kappa shape index (κ3) is 2.65. The summed E-state index contributed by atoms with van der Waals surface area (Å²) in [6, 6.07) is 24.5. The van der Waals surface area contributed by atoms with Crippen LogP contribution in [0, 0.1) is 6.92 Å². The number of aromatic nitrogens is 1. The number of hydrogen-bond donors (Lipinski definition) is 0. The van der Waals surface area contributed by atoms with Crippen molar-refractivity contribution in [3.63, 3.8) is 0 Å². The average molecular weight is 357 g/mol. The summed E-state index contributed by atoms with van der Waals surface area (Å²) in [4.78, 5) is 0. The molecule has 26 heavy (non-hydrogen) atoms. The number of hydrogen-bond acceptors (Lipinski definition) is 0. The van der Waals surface area contributed by atoms with E-state index in [0.29, 0.717) is 0 Å². The first-order valence-electron chi connectivity index (χ1n) is 9.29. The molecule has 3 aromatic carbocycles. The summed E-state index contributed by atoms with van der Waals surface area (Å²) in [5, 5.41) is 5.58. The lowest BCUT2D eigenvalue weighted by Crippen LogP contribution is -2.43. The standard InChI is InChI=1S/C24H26NSi/c1-17-19-11-7-6-10-18(19)14-15-20(17)23-16-24(26(3,4)5)21-12-8-9-13-22(21)25(23)2/h6-16H,1-5H3/q+1. The van der Waals surface area contributed by atoms with Gasteiger partial charge >= 0.3 is 0 Å². The second kappa shape index (κ2) is 6.06. The molecule has 1 aromatic heterocycles. The Morgan fingerprint density at radius 1 is 0.769 bits per heavy atom. The number of aryl methyl sites for hydroxylation is 2.